The van der Waals surface area contributed by atoms with Crippen molar-refractivity contribution in [2.24, 2.45) is 0 Å². The Hall–Kier alpha value is -0.160. The van der Waals surface area contributed by atoms with Gasteiger partial charge in [0, 0.05) is 28.8 Å². The molecule has 0 unspecified atom stereocenters. The van der Waals surface area contributed by atoms with E-state index in [0.29, 0.717) is 4.32 Å². The molecule has 0 bridgehead atoms. The van der Waals surface area contributed by atoms with E-state index in [0.717, 1.165) is 23.9 Å². The summed E-state index contributed by atoms with van der Waals surface area (Å²) in [6, 6.07) is 0. The van der Waals surface area contributed by atoms with Crippen LogP contribution in [0.2, 0.25) is 0 Å². The Balaban J connectivity index is 1.87. The molecule has 1 aliphatic carbocycles. The van der Waals surface area contributed by atoms with Gasteiger partial charge in [0.05, 0.1) is 0 Å². The Morgan fingerprint density at radius 1 is 1.62 bits per heavy atom. The van der Waals surface area contributed by atoms with Gasteiger partial charge in [0.2, 0.25) is 5.13 Å². The highest BCUT2D eigenvalue weighted by Crippen LogP contribution is 2.44. The number of hydrogen-bond acceptors (Lipinski definition) is 4. The van der Waals surface area contributed by atoms with Crippen molar-refractivity contribution in [3.63, 3.8) is 0 Å². The van der Waals surface area contributed by atoms with E-state index in [1.54, 1.807) is 0 Å². The van der Waals surface area contributed by atoms with Crippen LogP contribution < -0.4 is 5.32 Å². The number of aromatic nitrogens is 2. The minimum atomic E-state index is 0.352. The molecule has 1 saturated carbocycles. The van der Waals surface area contributed by atoms with Crippen molar-refractivity contribution in [1.29, 1.82) is 0 Å². The fourth-order valence-corrected chi connectivity index (χ4v) is 2.00. The molecular weight excluding hydrogens is 250 g/mol. The molecule has 72 valence electrons. The van der Waals surface area contributed by atoms with Crippen LogP contribution in [-0.2, 0) is 6.42 Å². The van der Waals surface area contributed by atoms with Gasteiger partial charge in [-0.15, -0.1) is 0 Å². The first kappa shape index (κ1) is 9.40. The Bertz CT molecular complexity index is 295. The molecule has 0 amide bonds. The maximum absolute atomic E-state index is 4.34. The van der Waals surface area contributed by atoms with Crippen molar-refractivity contribution >= 4 is 32.6 Å². The first-order valence-electron chi connectivity index (χ1n) is 4.47. The van der Waals surface area contributed by atoms with Crippen LogP contribution in [0.15, 0.2) is 0 Å². The van der Waals surface area contributed by atoms with Gasteiger partial charge in [-0.2, -0.15) is 4.37 Å². The monoisotopic (exact) mass is 261 g/mol. The van der Waals surface area contributed by atoms with Crippen LogP contribution in [0.25, 0.3) is 0 Å². The summed E-state index contributed by atoms with van der Waals surface area (Å²) in [4.78, 5) is 4.34. The molecule has 0 radical (unpaired) electrons. The SMILES string of the molecule is CCc1nsc(NCC2(Br)CC2)n1. The lowest BCUT2D eigenvalue weighted by Gasteiger charge is -2.05. The number of halogens is 1. The third-order valence-electron chi connectivity index (χ3n) is 2.13. The molecule has 5 heteroatoms. The van der Waals surface area contributed by atoms with E-state index in [2.05, 4.69) is 37.5 Å². The fourth-order valence-electron chi connectivity index (χ4n) is 1.02. The first-order valence-corrected chi connectivity index (χ1v) is 6.04. The highest BCUT2D eigenvalue weighted by Gasteiger charge is 2.39. The predicted molar refractivity (Wildman–Crippen MR) is 58.7 cm³/mol. The van der Waals surface area contributed by atoms with E-state index in [-0.39, 0.29) is 0 Å². The average molecular weight is 262 g/mol. The van der Waals surface area contributed by atoms with Gasteiger partial charge in [-0.05, 0) is 12.8 Å². The second-order valence-electron chi connectivity index (χ2n) is 3.37. The van der Waals surface area contributed by atoms with E-state index < -0.39 is 0 Å². The van der Waals surface area contributed by atoms with Gasteiger partial charge in [0.1, 0.15) is 5.82 Å². The number of rotatable bonds is 4. The zero-order valence-electron chi connectivity index (χ0n) is 7.51. The van der Waals surface area contributed by atoms with Crippen molar-refractivity contribution in [2.75, 3.05) is 11.9 Å². The minimum Gasteiger partial charge on any atom is -0.359 e. The van der Waals surface area contributed by atoms with Crippen LogP contribution in [0.4, 0.5) is 5.13 Å². The van der Waals surface area contributed by atoms with E-state index >= 15 is 0 Å². The van der Waals surface area contributed by atoms with E-state index in [9.17, 15) is 0 Å². The zero-order valence-corrected chi connectivity index (χ0v) is 9.91. The Labute approximate surface area is 90.3 Å². The number of nitrogens with one attached hydrogen (secondary N) is 1. The maximum Gasteiger partial charge on any atom is 0.202 e. The normalized spacial score (nSPS) is 18.6. The maximum atomic E-state index is 4.34. The van der Waals surface area contributed by atoms with Gasteiger partial charge in [-0.25, -0.2) is 4.98 Å². The molecule has 0 aliphatic heterocycles. The van der Waals surface area contributed by atoms with Gasteiger partial charge in [0.15, 0.2) is 0 Å². The second kappa shape index (κ2) is 3.53. The minimum absolute atomic E-state index is 0.352. The summed E-state index contributed by atoms with van der Waals surface area (Å²) in [5, 5.41) is 4.25. The smallest absolute Gasteiger partial charge is 0.202 e. The lowest BCUT2D eigenvalue weighted by molar-refractivity contribution is 0.949. The summed E-state index contributed by atoms with van der Waals surface area (Å²) < 4.78 is 4.56. The van der Waals surface area contributed by atoms with Crippen molar-refractivity contribution in [1.82, 2.24) is 9.36 Å². The van der Waals surface area contributed by atoms with E-state index in [4.69, 9.17) is 0 Å². The van der Waals surface area contributed by atoms with E-state index in [1.807, 2.05) is 0 Å². The standard InChI is InChI=1S/C8H12BrN3S/c1-2-6-11-7(13-12-6)10-5-8(9)3-4-8/h2-5H2,1H3,(H,10,11,12). The van der Waals surface area contributed by atoms with E-state index in [1.165, 1.54) is 24.4 Å². The van der Waals surface area contributed by atoms with Crippen LogP contribution in [0.5, 0.6) is 0 Å². The van der Waals surface area contributed by atoms with Crippen LogP contribution in [-0.4, -0.2) is 20.2 Å². The van der Waals surface area contributed by atoms with Gasteiger partial charge >= 0.3 is 0 Å². The van der Waals surface area contributed by atoms with Gasteiger partial charge in [0.25, 0.3) is 0 Å². The number of anilines is 1. The molecular formula is C8H12BrN3S. The number of nitrogens with zero attached hydrogens (tertiary/aromatic N) is 2. The molecule has 1 N–H and O–H groups in total. The van der Waals surface area contributed by atoms with Crippen LogP contribution in [0, 0.1) is 0 Å². The lowest BCUT2D eigenvalue weighted by atomic mass is 10.4. The highest BCUT2D eigenvalue weighted by molar-refractivity contribution is 9.10. The Morgan fingerprint density at radius 3 is 2.92 bits per heavy atom. The highest BCUT2D eigenvalue weighted by atomic mass is 79.9. The molecule has 1 aromatic rings. The summed E-state index contributed by atoms with van der Waals surface area (Å²) in [5.74, 6) is 0.937. The Morgan fingerprint density at radius 2 is 2.38 bits per heavy atom. The molecule has 3 nitrogen and oxygen atoms in total. The Kier molecular flexibility index (Phi) is 2.55. The summed E-state index contributed by atoms with van der Waals surface area (Å²) in [6.45, 7) is 3.03. The predicted octanol–water partition coefficient (Wildman–Crippen LogP) is 2.44. The molecule has 0 aromatic carbocycles. The number of alkyl halides is 1. The van der Waals surface area contributed by atoms with Crippen molar-refractivity contribution in [3.8, 4) is 0 Å². The van der Waals surface area contributed by atoms with Gasteiger partial charge in [-0.3, -0.25) is 0 Å². The topological polar surface area (TPSA) is 37.8 Å². The lowest BCUT2D eigenvalue weighted by Crippen LogP contribution is -2.14. The summed E-state index contributed by atoms with van der Waals surface area (Å²) in [6.07, 6.45) is 3.44. The quantitative estimate of drug-likeness (QED) is 0.847. The van der Waals surface area contributed by atoms with Crippen molar-refractivity contribution in [3.05, 3.63) is 5.82 Å². The second-order valence-corrected chi connectivity index (χ2v) is 5.81. The largest absolute Gasteiger partial charge is 0.359 e. The molecule has 2 rings (SSSR count). The molecule has 0 atom stereocenters. The van der Waals surface area contributed by atoms with Crippen molar-refractivity contribution in [2.45, 2.75) is 30.5 Å². The third-order valence-corrected chi connectivity index (χ3v) is 3.92. The molecule has 1 heterocycles. The van der Waals surface area contributed by atoms with Gasteiger partial charge in [-0.1, -0.05) is 22.9 Å². The molecule has 13 heavy (non-hydrogen) atoms. The molecule has 0 saturated heterocycles. The first-order chi connectivity index (χ1) is 6.22. The van der Waals surface area contributed by atoms with Crippen LogP contribution in [0.3, 0.4) is 0 Å². The number of hydrogen-bond donors (Lipinski definition) is 1. The molecule has 1 aromatic heterocycles. The molecule has 1 aliphatic rings. The summed E-state index contributed by atoms with van der Waals surface area (Å²) in [5.41, 5.74) is 0. The summed E-state index contributed by atoms with van der Waals surface area (Å²) in [7, 11) is 0. The van der Waals surface area contributed by atoms with Gasteiger partial charge < -0.3 is 5.32 Å². The third kappa shape index (κ3) is 2.40. The fraction of sp³-hybridized carbons (Fsp3) is 0.750. The van der Waals surface area contributed by atoms with Crippen LogP contribution in [0.1, 0.15) is 25.6 Å². The number of aryl methyl sites for hydroxylation is 1. The van der Waals surface area contributed by atoms with Crippen molar-refractivity contribution < 1.29 is 0 Å². The van der Waals surface area contributed by atoms with Crippen LogP contribution >= 0.6 is 27.5 Å². The summed E-state index contributed by atoms with van der Waals surface area (Å²) >= 11 is 5.11. The zero-order chi connectivity index (χ0) is 9.31. The molecule has 1 fully saturated rings. The average Bonchev–Trinajstić information content (AvgIpc) is 2.69. The molecule has 0 spiro atoms.